The average Bonchev–Trinajstić information content (AvgIpc) is 2.12. The Morgan fingerprint density at radius 1 is 1.33 bits per heavy atom. The molecule has 0 radical (unpaired) electrons. The first-order valence-corrected chi connectivity index (χ1v) is 5.90. The Kier molecular flexibility index (Phi) is 6.31. The Labute approximate surface area is 95.8 Å². The smallest absolute Gasteiger partial charge is 0.0160 e. The Hall–Kier alpha value is -0.780. The van der Waals surface area contributed by atoms with Crippen molar-refractivity contribution in [2.75, 3.05) is 0 Å². The molecule has 0 heteroatoms. The van der Waals surface area contributed by atoms with Gasteiger partial charge in [0.1, 0.15) is 0 Å². The summed E-state index contributed by atoms with van der Waals surface area (Å²) < 4.78 is 0. The first kappa shape index (κ1) is 14.2. The van der Waals surface area contributed by atoms with E-state index in [4.69, 9.17) is 0 Å². The van der Waals surface area contributed by atoms with Crippen LogP contribution in [0.5, 0.6) is 0 Å². The lowest BCUT2D eigenvalue weighted by molar-refractivity contribution is 0.315. The maximum atomic E-state index is 3.79. The third kappa shape index (κ3) is 6.33. The van der Waals surface area contributed by atoms with E-state index >= 15 is 0 Å². The van der Waals surface area contributed by atoms with Crippen LogP contribution in [0.2, 0.25) is 0 Å². The van der Waals surface area contributed by atoms with Gasteiger partial charge in [0.05, 0.1) is 0 Å². The van der Waals surface area contributed by atoms with E-state index in [9.17, 15) is 0 Å². The van der Waals surface area contributed by atoms with Crippen LogP contribution in [0.15, 0.2) is 36.5 Å². The topological polar surface area (TPSA) is 0 Å². The zero-order chi connectivity index (χ0) is 11.9. The molecule has 0 aromatic rings. The van der Waals surface area contributed by atoms with Crippen LogP contribution in [0.4, 0.5) is 0 Å². The van der Waals surface area contributed by atoms with Crippen LogP contribution in [0.3, 0.4) is 0 Å². The lowest BCUT2D eigenvalue weighted by atomic mass is 9.79. The molecule has 0 aliphatic carbocycles. The van der Waals surface area contributed by atoms with Gasteiger partial charge in [0, 0.05) is 0 Å². The predicted molar refractivity (Wildman–Crippen MR) is 70.9 cm³/mol. The zero-order valence-corrected chi connectivity index (χ0v) is 11.0. The highest BCUT2D eigenvalue weighted by atomic mass is 14.2. The Morgan fingerprint density at radius 3 is 2.27 bits per heavy atom. The Morgan fingerprint density at radius 2 is 1.93 bits per heavy atom. The molecule has 0 spiro atoms. The van der Waals surface area contributed by atoms with Crippen molar-refractivity contribution < 1.29 is 0 Å². The molecule has 0 fully saturated rings. The zero-order valence-electron chi connectivity index (χ0n) is 11.0. The molecule has 0 aliphatic heterocycles. The molecule has 86 valence electrons. The molecule has 0 nitrogen and oxygen atoms in total. The van der Waals surface area contributed by atoms with Crippen molar-refractivity contribution >= 4 is 0 Å². The summed E-state index contributed by atoms with van der Waals surface area (Å²) in [4.78, 5) is 0. The fourth-order valence-corrected chi connectivity index (χ4v) is 1.89. The maximum Gasteiger partial charge on any atom is -0.0160 e. The second kappa shape index (κ2) is 6.66. The molecule has 1 atom stereocenters. The predicted octanol–water partition coefficient (Wildman–Crippen LogP) is 5.14. The minimum Gasteiger partial charge on any atom is -0.0991 e. The van der Waals surface area contributed by atoms with Crippen LogP contribution in [0.1, 0.15) is 47.5 Å². The molecule has 0 N–H and O–H groups in total. The molecule has 0 amide bonds. The molecule has 0 aromatic carbocycles. The molecular weight excluding hydrogens is 180 g/mol. The molecule has 0 aliphatic rings. The van der Waals surface area contributed by atoms with Gasteiger partial charge in [0.25, 0.3) is 0 Å². The van der Waals surface area contributed by atoms with Crippen LogP contribution in [-0.4, -0.2) is 0 Å². The van der Waals surface area contributed by atoms with E-state index in [1.165, 1.54) is 18.4 Å². The van der Waals surface area contributed by atoms with Gasteiger partial charge >= 0.3 is 0 Å². The fourth-order valence-electron chi connectivity index (χ4n) is 1.89. The number of allylic oxidation sites excluding steroid dienone is 5. The second-order valence-corrected chi connectivity index (χ2v) is 5.27. The van der Waals surface area contributed by atoms with Crippen LogP contribution < -0.4 is 0 Å². The summed E-state index contributed by atoms with van der Waals surface area (Å²) in [5.41, 5.74) is 1.80. The largest absolute Gasteiger partial charge is 0.0991 e. The van der Waals surface area contributed by atoms with E-state index in [1.54, 1.807) is 0 Å². The fraction of sp³-hybridized carbons (Fsp3) is 0.600. The molecular formula is C15H26. The first-order chi connectivity index (χ1) is 6.94. The van der Waals surface area contributed by atoms with Gasteiger partial charge in [-0.1, -0.05) is 58.6 Å². The summed E-state index contributed by atoms with van der Waals surface area (Å²) in [6, 6.07) is 0. The van der Waals surface area contributed by atoms with Crippen LogP contribution in [-0.2, 0) is 0 Å². The first-order valence-electron chi connectivity index (χ1n) is 5.90. The van der Waals surface area contributed by atoms with Crippen LogP contribution in [0, 0.1) is 11.3 Å². The van der Waals surface area contributed by atoms with Gasteiger partial charge in [-0.25, -0.2) is 0 Å². The van der Waals surface area contributed by atoms with Crippen molar-refractivity contribution in [3.63, 3.8) is 0 Å². The van der Waals surface area contributed by atoms with Crippen molar-refractivity contribution in [2.45, 2.75) is 47.5 Å². The van der Waals surface area contributed by atoms with Gasteiger partial charge in [0.15, 0.2) is 0 Å². The maximum absolute atomic E-state index is 3.79. The summed E-state index contributed by atoms with van der Waals surface area (Å²) in [7, 11) is 0. The normalized spacial score (nSPS) is 15.7. The molecule has 0 saturated heterocycles. The van der Waals surface area contributed by atoms with Crippen molar-refractivity contribution in [2.24, 2.45) is 11.3 Å². The van der Waals surface area contributed by atoms with Gasteiger partial charge < -0.3 is 0 Å². The molecule has 0 bridgehead atoms. The monoisotopic (exact) mass is 206 g/mol. The van der Waals surface area contributed by atoms with E-state index < -0.39 is 0 Å². The molecule has 0 saturated carbocycles. The van der Waals surface area contributed by atoms with E-state index in [1.807, 2.05) is 6.08 Å². The number of hydrogen-bond donors (Lipinski definition) is 0. The summed E-state index contributed by atoms with van der Waals surface area (Å²) in [5.74, 6) is 0.652. The summed E-state index contributed by atoms with van der Waals surface area (Å²) in [5, 5.41) is 0. The molecule has 1 unspecified atom stereocenters. The quantitative estimate of drug-likeness (QED) is 0.546. The van der Waals surface area contributed by atoms with Gasteiger partial charge in [-0.3, -0.25) is 0 Å². The lowest BCUT2D eigenvalue weighted by Gasteiger charge is -2.26. The van der Waals surface area contributed by atoms with E-state index in [0.29, 0.717) is 11.3 Å². The van der Waals surface area contributed by atoms with Crippen molar-refractivity contribution in [3.8, 4) is 0 Å². The number of rotatable bonds is 5. The van der Waals surface area contributed by atoms with E-state index in [-0.39, 0.29) is 0 Å². The SMILES string of the molecule is C=C/C=C(\C=C/C)C(CC)CC(C)(C)C. The standard InChI is InChI=1S/C15H26/c1-7-10-14(11-8-2)13(9-3)12-15(4,5)6/h7-8,10-11,13H,1,9,12H2,2-6H3/b11-8-,14-10+. The average molecular weight is 206 g/mol. The Bertz CT molecular complexity index is 235. The van der Waals surface area contributed by atoms with Crippen molar-refractivity contribution in [3.05, 3.63) is 36.5 Å². The summed E-state index contributed by atoms with van der Waals surface area (Å²) in [6.45, 7) is 15.0. The molecule has 0 aromatic heterocycles. The van der Waals surface area contributed by atoms with Gasteiger partial charge in [0.2, 0.25) is 0 Å². The van der Waals surface area contributed by atoms with Gasteiger partial charge in [-0.05, 0) is 36.7 Å². The van der Waals surface area contributed by atoms with E-state index in [0.717, 1.165) is 0 Å². The second-order valence-electron chi connectivity index (χ2n) is 5.27. The Balaban J connectivity index is 4.75. The van der Waals surface area contributed by atoms with Gasteiger partial charge in [-0.15, -0.1) is 0 Å². The van der Waals surface area contributed by atoms with Crippen molar-refractivity contribution in [1.82, 2.24) is 0 Å². The van der Waals surface area contributed by atoms with Crippen LogP contribution >= 0.6 is 0 Å². The molecule has 15 heavy (non-hydrogen) atoms. The third-order valence-corrected chi connectivity index (χ3v) is 2.49. The highest BCUT2D eigenvalue weighted by Crippen LogP contribution is 2.31. The van der Waals surface area contributed by atoms with Crippen molar-refractivity contribution in [1.29, 1.82) is 0 Å². The molecule has 0 rings (SSSR count). The molecule has 0 heterocycles. The highest BCUT2D eigenvalue weighted by Gasteiger charge is 2.18. The third-order valence-electron chi connectivity index (χ3n) is 2.49. The lowest BCUT2D eigenvalue weighted by Crippen LogP contribution is -2.14. The minimum atomic E-state index is 0.391. The van der Waals surface area contributed by atoms with Crippen LogP contribution in [0.25, 0.3) is 0 Å². The summed E-state index contributed by atoms with van der Waals surface area (Å²) >= 11 is 0. The summed E-state index contributed by atoms with van der Waals surface area (Å²) in [6.07, 6.45) is 10.8. The van der Waals surface area contributed by atoms with Gasteiger partial charge in [-0.2, -0.15) is 0 Å². The highest BCUT2D eigenvalue weighted by molar-refractivity contribution is 5.25. The number of hydrogen-bond acceptors (Lipinski definition) is 0. The van der Waals surface area contributed by atoms with E-state index in [2.05, 4.69) is 59.4 Å². The minimum absolute atomic E-state index is 0.391.